The fourth-order valence-corrected chi connectivity index (χ4v) is 3.61. The lowest BCUT2D eigenvalue weighted by molar-refractivity contribution is -0.139. The molecule has 0 spiro atoms. The Labute approximate surface area is 142 Å². The first-order valence-electron chi connectivity index (χ1n) is 8.25. The number of fused-ring (bicyclic) bond motifs is 1. The fraction of sp³-hybridized carbons (Fsp3) is 0.474. The quantitative estimate of drug-likeness (QED) is 0.852. The molecule has 0 radical (unpaired) electrons. The van der Waals surface area contributed by atoms with Crippen LogP contribution in [0.5, 0.6) is 11.5 Å². The Morgan fingerprint density at radius 3 is 2.67 bits per heavy atom. The number of piperidine rings is 1. The highest BCUT2D eigenvalue weighted by Gasteiger charge is 2.46. The lowest BCUT2D eigenvalue weighted by atomic mass is 9.70. The van der Waals surface area contributed by atoms with Gasteiger partial charge in [-0.3, -0.25) is 9.59 Å². The third-order valence-electron chi connectivity index (χ3n) is 5.14. The van der Waals surface area contributed by atoms with Gasteiger partial charge in [0.15, 0.2) is 0 Å². The zero-order valence-electron chi connectivity index (χ0n) is 14.4. The predicted molar refractivity (Wildman–Crippen MR) is 89.8 cm³/mol. The smallest absolute Gasteiger partial charge is 0.227 e. The van der Waals surface area contributed by atoms with Crippen molar-refractivity contribution >= 4 is 11.7 Å². The van der Waals surface area contributed by atoms with Crippen LogP contribution in [0.4, 0.5) is 0 Å². The molecule has 0 saturated carbocycles. The largest absolute Gasteiger partial charge is 0.497 e. The molecule has 0 N–H and O–H groups in total. The van der Waals surface area contributed by atoms with Gasteiger partial charge < -0.3 is 14.4 Å². The molecule has 1 aromatic carbocycles. The second kappa shape index (κ2) is 6.30. The van der Waals surface area contributed by atoms with E-state index in [-0.39, 0.29) is 11.7 Å². The third kappa shape index (κ3) is 2.68. The van der Waals surface area contributed by atoms with E-state index >= 15 is 0 Å². The molecule has 5 nitrogen and oxygen atoms in total. The summed E-state index contributed by atoms with van der Waals surface area (Å²) in [5, 5.41) is 0. The van der Waals surface area contributed by atoms with Gasteiger partial charge in [0.25, 0.3) is 0 Å². The van der Waals surface area contributed by atoms with E-state index in [1.54, 1.807) is 19.1 Å². The van der Waals surface area contributed by atoms with Crippen LogP contribution in [0.2, 0.25) is 0 Å². The topological polar surface area (TPSA) is 55.8 Å². The second-order valence-electron chi connectivity index (χ2n) is 6.54. The van der Waals surface area contributed by atoms with Crippen LogP contribution < -0.4 is 9.47 Å². The van der Waals surface area contributed by atoms with Crippen LogP contribution in [-0.2, 0) is 16.1 Å². The van der Waals surface area contributed by atoms with Crippen LogP contribution in [0.15, 0.2) is 30.0 Å². The SMILES string of the molecule is COc1ccc(CN2C(=O)CC[C@]3(C)C(=O)CCC=C23)c(OC)c1. The minimum atomic E-state index is -0.536. The molecule has 1 aromatic rings. The zero-order chi connectivity index (χ0) is 17.3. The minimum absolute atomic E-state index is 0.0614. The average molecular weight is 329 g/mol. The van der Waals surface area contributed by atoms with Gasteiger partial charge in [0.1, 0.15) is 17.3 Å². The van der Waals surface area contributed by atoms with Crippen LogP contribution in [-0.4, -0.2) is 30.8 Å². The number of likely N-dealkylation sites (tertiary alicyclic amines) is 1. The molecule has 0 aromatic heterocycles. The van der Waals surface area contributed by atoms with Crippen LogP contribution in [0.25, 0.3) is 0 Å². The molecule has 1 heterocycles. The summed E-state index contributed by atoms with van der Waals surface area (Å²) in [6.07, 6.45) is 4.32. The van der Waals surface area contributed by atoms with Crippen LogP contribution in [0.1, 0.15) is 38.2 Å². The molecule has 3 rings (SSSR count). The molecule has 24 heavy (non-hydrogen) atoms. The molecule has 0 unspecified atom stereocenters. The molecule has 1 saturated heterocycles. The van der Waals surface area contributed by atoms with Crippen molar-refractivity contribution in [1.29, 1.82) is 0 Å². The summed E-state index contributed by atoms with van der Waals surface area (Å²) in [6, 6.07) is 5.57. The van der Waals surface area contributed by atoms with E-state index in [4.69, 9.17) is 9.47 Å². The van der Waals surface area contributed by atoms with E-state index < -0.39 is 5.41 Å². The van der Waals surface area contributed by atoms with Gasteiger partial charge in [-0.05, 0) is 31.9 Å². The lowest BCUT2D eigenvalue weighted by Gasteiger charge is -2.44. The number of carbonyl (C=O) groups excluding carboxylic acids is 2. The van der Waals surface area contributed by atoms with Crippen molar-refractivity contribution in [3.63, 3.8) is 0 Å². The monoisotopic (exact) mass is 329 g/mol. The molecule has 2 aliphatic rings. The zero-order valence-corrected chi connectivity index (χ0v) is 14.4. The second-order valence-corrected chi connectivity index (χ2v) is 6.54. The highest BCUT2D eigenvalue weighted by atomic mass is 16.5. The minimum Gasteiger partial charge on any atom is -0.497 e. The Morgan fingerprint density at radius 2 is 1.96 bits per heavy atom. The summed E-state index contributed by atoms with van der Waals surface area (Å²) in [4.78, 5) is 26.7. The number of Topliss-reactive ketones (excluding diaryl/α,β-unsaturated/α-hetero) is 1. The number of hydrogen-bond acceptors (Lipinski definition) is 4. The number of allylic oxidation sites excluding steroid dienone is 2. The summed E-state index contributed by atoms with van der Waals surface area (Å²) >= 11 is 0. The number of hydrogen-bond donors (Lipinski definition) is 0. The van der Waals surface area contributed by atoms with Gasteiger partial charge in [-0.15, -0.1) is 0 Å². The molecule has 5 heteroatoms. The Morgan fingerprint density at radius 1 is 1.17 bits per heavy atom. The third-order valence-corrected chi connectivity index (χ3v) is 5.14. The van der Waals surface area contributed by atoms with E-state index in [1.807, 2.05) is 25.1 Å². The molecule has 1 amide bonds. The van der Waals surface area contributed by atoms with Gasteiger partial charge in [0, 0.05) is 30.2 Å². The Hall–Kier alpha value is -2.30. The first-order valence-corrected chi connectivity index (χ1v) is 8.25. The van der Waals surface area contributed by atoms with E-state index in [1.165, 1.54) is 0 Å². The summed E-state index contributed by atoms with van der Waals surface area (Å²) in [5.41, 5.74) is 1.22. The molecular formula is C19H23NO4. The van der Waals surface area contributed by atoms with Crippen LogP contribution >= 0.6 is 0 Å². The molecule has 1 fully saturated rings. The summed E-state index contributed by atoms with van der Waals surface area (Å²) in [5.74, 6) is 1.68. The number of ketones is 1. The van der Waals surface area contributed by atoms with Crippen molar-refractivity contribution in [3.8, 4) is 11.5 Å². The first kappa shape index (κ1) is 16.6. The first-order chi connectivity index (χ1) is 11.5. The number of ether oxygens (including phenoxy) is 2. The van der Waals surface area contributed by atoms with Gasteiger partial charge >= 0.3 is 0 Å². The highest BCUT2D eigenvalue weighted by Crippen LogP contribution is 2.45. The van der Waals surface area contributed by atoms with E-state index in [9.17, 15) is 9.59 Å². The molecule has 128 valence electrons. The maximum Gasteiger partial charge on any atom is 0.227 e. The number of amides is 1. The van der Waals surface area contributed by atoms with Gasteiger partial charge in [0.2, 0.25) is 5.91 Å². The molecule has 1 aliphatic heterocycles. The van der Waals surface area contributed by atoms with Crippen molar-refractivity contribution in [1.82, 2.24) is 4.90 Å². The number of nitrogens with zero attached hydrogens (tertiary/aromatic N) is 1. The van der Waals surface area contributed by atoms with Gasteiger partial charge in [-0.25, -0.2) is 0 Å². The highest BCUT2D eigenvalue weighted by molar-refractivity contribution is 5.93. The number of methoxy groups -OCH3 is 2. The summed E-state index contributed by atoms with van der Waals surface area (Å²) < 4.78 is 10.7. The van der Waals surface area contributed by atoms with Gasteiger partial charge in [0.05, 0.1) is 26.2 Å². The van der Waals surface area contributed by atoms with Crippen molar-refractivity contribution in [3.05, 3.63) is 35.5 Å². The Balaban J connectivity index is 1.95. The van der Waals surface area contributed by atoms with Crippen molar-refractivity contribution in [2.24, 2.45) is 5.41 Å². The molecule has 1 atom stereocenters. The van der Waals surface area contributed by atoms with Gasteiger partial charge in [-0.1, -0.05) is 6.08 Å². The predicted octanol–water partition coefficient (Wildman–Crippen LogP) is 3.08. The van der Waals surface area contributed by atoms with Crippen molar-refractivity contribution in [2.45, 2.75) is 39.2 Å². The number of rotatable bonds is 4. The summed E-state index contributed by atoms with van der Waals surface area (Å²) in [6.45, 7) is 2.37. The normalized spacial score (nSPS) is 23.6. The van der Waals surface area contributed by atoms with Crippen LogP contribution in [0, 0.1) is 5.41 Å². The molecular weight excluding hydrogens is 306 g/mol. The maximum atomic E-state index is 12.5. The maximum absolute atomic E-state index is 12.5. The van der Waals surface area contributed by atoms with Gasteiger partial charge in [-0.2, -0.15) is 0 Å². The molecule has 0 bridgehead atoms. The Bertz CT molecular complexity index is 709. The number of carbonyl (C=O) groups is 2. The van der Waals surface area contributed by atoms with E-state index in [0.29, 0.717) is 43.7 Å². The van der Waals surface area contributed by atoms with Crippen molar-refractivity contribution < 1.29 is 19.1 Å². The standard InChI is InChI=1S/C19H23NO4/c1-19-10-9-18(22)20(16(19)5-4-6-17(19)21)12-13-7-8-14(23-2)11-15(13)24-3/h5,7-8,11H,4,6,9-10,12H2,1-3H3/t19-/m0/s1. The summed E-state index contributed by atoms with van der Waals surface area (Å²) in [7, 11) is 3.20. The van der Waals surface area contributed by atoms with Crippen molar-refractivity contribution in [2.75, 3.05) is 14.2 Å². The van der Waals surface area contributed by atoms with E-state index in [2.05, 4.69) is 6.08 Å². The van der Waals surface area contributed by atoms with Crippen LogP contribution in [0.3, 0.4) is 0 Å². The average Bonchev–Trinajstić information content (AvgIpc) is 2.59. The fourth-order valence-electron chi connectivity index (χ4n) is 3.61. The lowest BCUT2D eigenvalue weighted by Crippen LogP contribution is -2.47. The van der Waals surface area contributed by atoms with E-state index in [0.717, 1.165) is 11.3 Å². The number of benzene rings is 1. The Kier molecular flexibility index (Phi) is 4.35. The molecule has 1 aliphatic carbocycles.